The fraction of sp³-hybridized carbons (Fsp3) is 0.214. The number of rotatable bonds is 3. The zero-order valence-corrected chi connectivity index (χ0v) is 12.2. The van der Waals surface area contributed by atoms with Crippen molar-refractivity contribution in [3.05, 3.63) is 50.5 Å². The molecule has 0 atom stereocenters. The number of aromatic nitrogens is 4. The van der Waals surface area contributed by atoms with Crippen molar-refractivity contribution in [2.24, 2.45) is 0 Å². The predicted octanol–water partition coefficient (Wildman–Crippen LogP) is 1.98. The van der Waals surface area contributed by atoms with Gasteiger partial charge in [-0.2, -0.15) is 4.98 Å². The molecule has 0 bridgehead atoms. The van der Waals surface area contributed by atoms with Gasteiger partial charge in [0.05, 0.1) is 0 Å². The van der Waals surface area contributed by atoms with Crippen LogP contribution in [0.4, 0.5) is 5.95 Å². The molecule has 0 aliphatic rings. The Balaban J connectivity index is 1.83. The SMILES string of the molecule is Cc1cc(CCc2nc3nc(N)[nH]c(=O)c3[nH]2)ccc1Cl. The molecule has 6 nitrogen and oxygen atoms in total. The van der Waals surface area contributed by atoms with Crippen molar-refractivity contribution in [1.29, 1.82) is 0 Å². The lowest BCUT2D eigenvalue weighted by atomic mass is 10.1. The number of aryl methyl sites for hydroxylation is 3. The summed E-state index contributed by atoms with van der Waals surface area (Å²) in [6.45, 7) is 1.97. The monoisotopic (exact) mass is 303 g/mol. The highest BCUT2D eigenvalue weighted by atomic mass is 35.5. The molecule has 0 unspecified atom stereocenters. The Bertz CT molecular complexity index is 867. The van der Waals surface area contributed by atoms with Crippen molar-refractivity contribution in [2.75, 3.05) is 5.73 Å². The normalized spacial score (nSPS) is 11.1. The lowest BCUT2D eigenvalue weighted by molar-refractivity contribution is 0.887. The van der Waals surface area contributed by atoms with Gasteiger partial charge in [0.15, 0.2) is 11.2 Å². The van der Waals surface area contributed by atoms with E-state index in [4.69, 9.17) is 17.3 Å². The van der Waals surface area contributed by atoms with Crippen LogP contribution in [-0.4, -0.2) is 19.9 Å². The molecule has 21 heavy (non-hydrogen) atoms. The second-order valence-electron chi connectivity index (χ2n) is 4.92. The highest BCUT2D eigenvalue weighted by molar-refractivity contribution is 6.31. The Hall–Kier alpha value is -2.34. The number of imidazole rings is 1. The van der Waals surface area contributed by atoms with Crippen molar-refractivity contribution in [3.63, 3.8) is 0 Å². The number of halogens is 1. The smallest absolute Gasteiger partial charge is 0.278 e. The number of nitrogens with one attached hydrogen (secondary N) is 2. The van der Waals surface area contributed by atoms with Crippen LogP contribution in [0.3, 0.4) is 0 Å². The van der Waals surface area contributed by atoms with Gasteiger partial charge < -0.3 is 10.7 Å². The Morgan fingerprint density at radius 3 is 2.81 bits per heavy atom. The van der Waals surface area contributed by atoms with Crippen LogP contribution in [0.2, 0.25) is 5.02 Å². The number of nitrogens with zero attached hydrogens (tertiary/aromatic N) is 2. The second kappa shape index (κ2) is 5.21. The minimum atomic E-state index is -0.307. The topological polar surface area (TPSA) is 100 Å². The summed E-state index contributed by atoms with van der Waals surface area (Å²) in [6, 6.07) is 5.92. The molecule has 3 rings (SSSR count). The van der Waals surface area contributed by atoms with Gasteiger partial charge in [-0.05, 0) is 30.5 Å². The number of hydrogen-bond acceptors (Lipinski definition) is 4. The van der Waals surface area contributed by atoms with Gasteiger partial charge in [-0.25, -0.2) is 4.98 Å². The van der Waals surface area contributed by atoms with Crippen molar-refractivity contribution >= 4 is 28.7 Å². The van der Waals surface area contributed by atoms with E-state index < -0.39 is 0 Å². The molecule has 2 heterocycles. The minimum absolute atomic E-state index is 0.0684. The Kier molecular flexibility index (Phi) is 3.39. The second-order valence-corrected chi connectivity index (χ2v) is 5.32. The maximum atomic E-state index is 11.7. The van der Waals surface area contributed by atoms with Gasteiger partial charge in [0.1, 0.15) is 5.82 Å². The van der Waals surface area contributed by atoms with Gasteiger partial charge >= 0.3 is 0 Å². The number of H-pyrrole nitrogens is 2. The summed E-state index contributed by atoms with van der Waals surface area (Å²) in [6.07, 6.45) is 1.47. The van der Waals surface area contributed by atoms with E-state index in [0.717, 1.165) is 17.0 Å². The molecule has 3 aromatic rings. The molecule has 0 saturated carbocycles. The van der Waals surface area contributed by atoms with Crippen LogP contribution < -0.4 is 11.3 Å². The van der Waals surface area contributed by atoms with Crippen LogP contribution >= 0.6 is 11.6 Å². The zero-order valence-electron chi connectivity index (χ0n) is 11.4. The molecular weight excluding hydrogens is 290 g/mol. The van der Waals surface area contributed by atoms with Gasteiger partial charge in [-0.1, -0.05) is 23.7 Å². The molecule has 0 amide bonds. The number of nitrogens with two attached hydrogens (primary N) is 1. The van der Waals surface area contributed by atoms with Gasteiger partial charge in [0.25, 0.3) is 5.56 Å². The van der Waals surface area contributed by atoms with Crippen LogP contribution in [0.15, 0.2) is 23.0 Å². The van der Waals surface area contributed by atoms with Crippen molar-refractivity contribution in [2.45, 2.75) is 19.8 Å². The molecule has 0 aliphatic heterocycles. The fourth-order valence-corrected chi connectivity index (χ4v) is 2.33. The highest BCUT2D eigenvalue weighted by Crippen LogP contribution is 2.17. The van der Waals surface area contributed by atoms with Gasteiger partial charge in [0.2, 0.25) is 5.95 Å². The summed E-state index contributed by atoms with van der Waals surface area (Å²) >= 11 is 6.01. The Labute approximate surface area is 125 Å². The van der Waals surface area contributed by atoms with Crippen LogP contribution in [0.5, 0.6) is 0 Å². The van der Waals surface area contributed by atoms with E-state index in [0.29, 0.717) is 23.4 Å². The van der Waals surface area contributed by atoms with Crippen LogP contribution in [0.1, 0.15) is 17.0 Å². The Morgan fingerprint density at radius 2 is 2.05 bits per heavy atom. The van der Waals surface area contributed by atoms with Crippen LogP contribution in [0, 0.1) is 6.92 Å². The molecule has 108 valence electrons. The Morgan fingerprint density at radius 1 is 1.24 bits per heavy atom. The molecule has 0 spiro atoms. The number of aromatic amines is 2. The van der Waals surface area contributed by atoms with E-state index in [2.05, 4.69) is 19.9 Å². The molecule has 0 saturated heterocycles. The number of benzene rings is 1. The molecule has 1 aromatic carbocycles. The number of fused-ring (bicyclic) bond motifs is 1. The number of anilines is 1. The standard InChI is InChI=1S/C14H14ClN5O/c1-7-6-8(2-4-9(7)15)3-5-10-17-11-12(18-10)19-14(16)20-13(11)21/h2,4,6H,3,5H2,1H3,(H4,16,17,18,19,20,21). The first-order valence-electron chi connectivity index (χ1n) is 6.52. The minimum Gasteiger partial charge on any atom is -0.369 e. The van der Waals surface area contributed by atoms with Crippen LogP contribution in [0.25, 0.3) is 11.2 Å². The number of nitrogen functional groups attached to an aromatic ring is 1. The predicted molar refractivity (Wildman–Crippen MR) is 82.5 cm³/mol. The third-order valence-corrected chi connectivity index (χ3v) is 3.73. The van der Waals surface area contributed by atoms with E-state index in [9.17, 15) is 4.79 Å². The lowest BCUT2D eigenvalue weighted by Crippen LogP contribution is -2.10. The average Bonchev–Trinajstić information content (AvgIpc) is 2.83. The first-order chi connectivity index (χ1) is 10.0. The first kappa shape index (κ1) is 13.6. The molecule has 2 aromatic heterocycles. The molecule has 4 N–H and O–H groups in total. The van der Waals surface area contributed by atoms with E-state index in [1.54, 1.807) is 0 Å². The van der Waals surface area contributed by atoms with Gasteiger partial charge in [-0.3, -0.25) is 9.78 Å². The lowest BCUT2D eigenvalue weighted by Gasteiger charge is -2.02. The molecule has 7 heteroatoms. The van der Waals surface area contributed by atoms with E-state index >= 15 is 0 Å². The highest BCUT2D eigenvalue weighted by Gasteiger charge is 2.09. The maximum Gasteiger partial charge on any atom is 0.278 e. The van der Waals surface area contributed by atoms with Gasteiger partial charge in [0, 0.05) is 11.4 Å². The van der Waals surface area contributed by atoms with Crippen molar-refractivity contribution in [3.8, 4) is 0 Å². The summed E-state index contributed by atoms with van der Waals surface area (Å²) in [7, 11) is 0. The summed E-state index contributed by atoms with van der Waals surface area (Å²) in [5.41, 5.74) is 8.10. The number of hydrogen-bond donors (Lipinski definition) is 3. The summed E-state index contributed by atoms with van der Waals surface area (Å²) in [5, 5.41) is 0.758. The van der Waals surface area contributed by atoms with Gasteiger partial charge in [-0.15, -0.1) is 0 Å². The quantitative estimate of drug-likeness (QED) is 0.688. The van der Waals surface area contributed by atoms with E-state index in [1.807, 2.05) is 25.1 Å². The van der Waals surface area contributed by atoms with Crippen LogP contribution in [-0.2, 0) is 12.8 Å². The zero-order chi connectivity index (χ0) is 15.0. The molecule has 0 aliphatic carbocycles. The maximum absolute atomic E-state index is 11.7. The third kappa shape index (κ3) is 2.75. The van der Waals surface area contributed by atoms with Crippen molar-refractivity contribution in [1.82, 2.24) is 19.9 Å². The third-order valence-electron chi connectivity index (χ3n) is 3.30. The van der Waals surface area contributed by atoms with Crippen molar-refractivity contribution < 1.29 is 0 Å². The van der Waals surface area contributed by atoms with E-state index in [-0.39, 0.29) is 11.5 Å². The summed E-state index contributed by atoms with van der Waals surface area (Å²) in [4.78, 5) is 25.4. The fourth-order valence-electron chi connectivity index (χ4n) is 2.22. The molecular formula is C14H14ClN5O. The largest absolute Gasteiger partial charge is 0.369 e. The average molecular weight is 304 g/mol. The molecule has 0 radical (unpaired) electrons. The first-order valence-corrected chi connectivity index (χ1v) is 6.90. The molecule has 0 fully saturated rings. The van der Waals surface area contributed by atoms with E-state index in [1.165, 1.54) is 5.56 Å². The summed E-state index contributed by atoms with van der Waals surface area (Å²) in [5.74, 6) is 0.778. The summed E-state index contributed by atoms with van der Waals surface area (Å²) < 4.78 is 0.